The zero-order valence-electron chi connectivity index (χ0n) is 23.0. The van der Waals surface area contributed by atoms with Crippen LogP contribution < -0.4 is 5.32 Å². The first-order valence-electron chi connectivity index (χ1n) is 12.2. The fraction of sp³-hybridized carbons (Fsp3) is 0.870. The van der Waals surface area contributed by atoms with Crippen molar-refractivity contribution in [3.63, 3.8) is 0 Å². The van der Waals surface area contributed by atoms with Gasteiger partial charge in [0.25, 0.3) is 0 Å². The molecule has 38 heavy (non-hydrogen) atoms. The molecule has 1 aliphatic heterocycles. The standard InChI is InChI=1S/C23H42NO13P/c1-8-9-15(25)24-16-18(27)17(26)14(37-19(16)28)10-32-13-38(31,35-11-33-20(29)22(2,3)4)36-12-34-21(30)23(5,6)7/h14,16-19,26-28H,8-13H2,1-7H3,(H,24,25)/t14-,16-,17-,18-,19?/m1/s1. The SMILES string of the molecule is CCCC(=O)N[C@H]1C(O)O[C@H](COCP(=O)(OCOC(=O)C(C)(C)C)OCOC(=O)C(C)(C)C)[C@@H](O)[C@@H]1O. The number of rotatable bonds is 13. The maximum absolute atomic E-state index is 13.2. The molecular formula is C23H42NO13P. The average molecular weight is 572 g/mol. The van der Waals surface area contributed by atoms with Crippen molar-refractivity contribution in [1.82, 2.24) is 5.32 Å². The smallest absolute Gasteiger partial charge is 0.361 e. The predicted octanol–water partition coefficient (Wildman–Crippen LogP) is 1.00. The van der Waals surface area contributed by atoms with Crippen LogP contribution in [0.2, 0.25) is 0 Å². The third-order valence-electron chi connectivity index (χ3n) is 5.16. The van der Waals surface area contributed by atoms with E-state index in [0.29, 0.717) is 6.42 Å². The van der Waals surface area contributed by atoms with Gasteiger partial charge in [-0.05, 0) is 48.0 Å². The molecule has 0 aromatic carbocycles. The molecule has 1 rings (SSSR count). The first-order valence-corrected chi connectivity index (χ1v) is 13.9. The summed E-state index contributed by atoms with van der Waals surface area (Å²) in [5.74, 6) is -1.70. The minimum absolute atomic E-state index is 0.157. The number of amides is 1. The molecule has 0 bridgehead atoms. The highest BCUT2D eigenvalue weighted by Gasteiger charge is 2.45. The lowest BCUT2D eigenvalue weighted by molar-refractivity contribution is -0.256. The van der Waals surface area contributed by atoms with Crippen LogP contribution >= 0.6 is 7.60 Å². The van der Waals surface area contributed by atoms with Crippen LogP contribution in [0.5, 0.6) is 0 Å². The molecule has 5 atom stereocenters. The number of nitrogens with one attached hydrogen (secondary N) is 1. The van der Waals surface area contributed by atoms with E-state index in [9.17, 15) is 34.3 Å². The molecule has 14 nitrogen and oxygen atoms in total. The minimum Gasteiger partial charge on any atom is -0.438 e. The maximum atomic E-state index is 13.2. The molecule has 1 unspecified atom stereocenters. The Kier molecular flexibility index (Phi) is 13.3. The van der Waals surface area contributed by atoms with Gasteiger partial charge in [-0.1, -0.05) is 6.92 Å². The summed E-state index contributed by atoms with van der Waals surface area (Å²) in [4.78, 5) is 35.7. The Hall–Kier alpha value is -1.64. The van der Waals surface area contributed by atoms with E-state index in [1.165, 1.54) is 0 Å². The van der Waals surface area contributed by atoms with Gasteiger partial charge in [0.1, 0.15) is 30.7 Å². The van der Waals surface area contributed by atoms with Crippen LogP contribution in [0.4, 0.5) is 0 Å². The van der Waals surface area contributed by atoms with E-state index in [0.717, 1.165) is 0 Å². The zero-order valence-corrected chi connectivity index (χ0v) is 23.9. The van der Waals surface area contributed by atoms with Crippen molar-refractivity contribution in [1.29, 1.82) is 0 Å². The highest BCUT2D eigenvalue weighted by atomic mass is 31.2. The number of hydrogen-bond acceptors (Lipinski definition) is 13. The number of aliphatic hydroxyl groups is 3. The Balaban J connectivity index is 2.76. The Morgan fingerprint density at radius 1 is 0.895 bits per heavy atom. The van der Waals surface area contributed by atoms with Gasteiger partial charge >= 0.3 is 19.5 Å². The Bertz CT molecular complexity index is 802. The first-order chi connectivity index (χ1) is 17.4. The zero-order chi connectivity index (χ0) is 29.3. The van der Waals surface area contributed by atoms with Crippen LogP contribution in [0.25, 0.3) is 0 Å². The molecule has 1 aliphatic rings. The van der Waals surface area contributed by atoms with Crippen LogP contribution in [0.15, 0.2) is 0 Å². The van der Waals surface area contributed by atoms with Gasteiger partial charge in [-0.25, -0.2) is 0 Å². The van der Waals surface area contributed by atoms with E-state index in [1.807, 2.05) is 0 Å². The first kappa shape index (κ1) is 34.4. The van der Waals surface area contributed by atoms with Gasteiger partial charge in [0.2, 0.25) is 19.5 Å². The van der Waals surface area contributed by atoms with Crippen LogP contribution in [0.3, 0.4) is 0 Å². The lowest BCUT2D eigenvalue weighted by Crippen LogP contribution is -2.64. The summed E-state index contributed by atoms with van der Waals surface area (Å²) in [6, 6.07) is -1.27. The summed E-state index contributed by atoms with van der Waals surface area (Å²) >= 11 is 0. The molecule has 0 aromatic rings. The van der Waals surface area contributed by atoms with E-state index in [1.54, 1.807) is 48.5 Å². The molecule has 0 aliphatic carbocycles. The quantitative estimate of drug-likeness (QED) is 0.139. The van der Waals surface area contributed by atoms with Crippen LogP contribution in [-0.2, 0) is 46.9 Å². The average Bonchev–Trinajstić information content (AvgIpc) is 2.78. The molecule has 1 fully saturated rings. The molecule has 15 heteroatoms. The van der Waals surface area contributed by atoms with Gasteiger partial charge in [-0.2, -0.15) is 0 Å². The number of ether oxygens (including phenoxy) is 4. The van der Waals surface area contributed by atoms with Crippen LogP contribution in [-0.4, -0.2) is 90.3 Å². The third kappa shape index (κ3) is 11.2. The molecule has 1 heterocycles. The molecule has 222 valence electrons. The number of carbonyl (C=O) groups is 3. The van der Waals surface area contributed by atoms with E-state index >= 15 is 0 Å². The van der Waals surface area contributed by atoms with Gasteiger partial charge in [0.15, 0.2) is 6.29 Å². The molecule has 0 aromatic heterocycles. The van der Waals surface area contributed by atoms with Crippen molar-refractivity contribution in [2.45, 2.75) is 92.0 Å². The summed E-state index contributed by atoms with van der Waals surface area (Å²) in [5.41, 5.74) is -1.70. The monoisotopic (exact) mass is 571 g/mol. The van der Waals surface area contributed by atoms with E-state index < -0.39 is 93.5 Å². The maximum Gasteiger partial charge on any atom is 0.361 e. The highest BCUT2D eigenvalue weighted by Crippen LogP contribution is 2.48. The van der Waals surface area contributed by atoms with E-state index in [2.05, 4.69) is 5.32 Å². The molecule has 0 radical (unpaired) electrons. The second kappa shape index (κ2) is 14.7. The molecular weight excluding hydrogens is 529 g/mol. The van der Waals surface area contributed by atoms with Gasteiger partial charge in [-0.3, -0.25) is 28.0 Å². The topological polar surface area (TPSA) is 196 Å². The van der Waals surface area contributed by atoms with E-state index in [4.69, 9.17) is 28.0 Å². The molecule has 1 saturated heterocycles. The summed E-state index contributed by atoms with van der Waals surface area (Å²) in [6.07, 6.45) is -6.14. The van der Waals surface area contributed by atoms with Crippen molar-refractivity contribution in [3.8, 4) is 0 Å². The van der Waals surface area contributed by atoms with Crippen molar-refractivity contribution in [2.24, 2.45) is 10.8 Å². The molecule has 0 spiro atoms. The van der Waals surface area contributed by atoms with Gasteiger partial charge in [0.05, 0.1) is 17.4 Å². The van der Waals surface area contributed by atoms with Crippen LogP contribution in [0, 0.1) is 10.8 Å². The van der Waals surface area contributed by atoms with Crippen molar-refractivity contribution in [2.75, 3.05) is 26.5 Å². The number of hydrogen-bond donors (Lipinski definition) is 4. The van der Waals surface area contributed by atoms with Gasteiger partial charge in [-0.15, -0.1) is 0 Å². The summed E-state index contributed by atoms with van der Waals surface area (Å²) in [6.45, 7) is 9.46. The fourth-order valence-electron chi connectivity index (χ4n) is 2.87. The normalized spacial score (nSPS) is 24.5. The summed E-state index contributed by atoms with van der Waals surface area (Å²) < 4.78 is 43.9. The summed E-state index contributed by atoms with van der Waals surface area (Å²) in [7, 11) is -4.19. The molecule has 4 N–H and O–H groups in total. The molecule has 1 amide bonds. The minimum atomic E-state index is -4.19. The highest BCUT2D eigenvalue weighted by molar-refractivity contribution is 7.53. The lowest BCUT2D eigenvalue weighted by atomic mass is 9.97. The molecule has 0 saturated carbocycles. The van der Waals surface area contributed by atoms with Crippen molar-refractivity contribution in [3.05, 3.63) is 0 Å². The Labute approximate surface area is 222 Å². The lowest BCUT2D eigenvalue weighted by Gasteiger charge is -2.40. The van der Waals surface area contributed by atoms with Crippen molar-refractivity contribution >= 4 is 25.4 Å². The predicted molar refractivity (Wildman–Crippen MR) is 131 cm³/mol. The number of esters is 2. The van der Waals surface area contributed by atoms with Gasteiger partial charge in [0, 0.05) is 6.42 Å². The summed E-state index contributed by atoms with van der Waals surface area (Å²) in [5, 5.41) is 33.4. The number of aliphatic hydroxyl groups excluding tert-OH is 3. The number of carbonyl (C=O) groups excluding carboxylic acids is 3. The van der Waals surface area contributed by atoms with Crippen molar-refractivity contribution < 1.29 is 62.3 Å². The third-order valence-corrected chi connectivity index (χ3v) is 6.66. The Morgan fingerprint density at radius 3 is 1.84 bits per heavy atom. The largest absolute Gasteiger partial charge is 0.438 e. The fourth-order valence-corrected chi connectivity index (χ4v) is 3.85. The van der Waals surface area contributed by atoms with Gasteiger partial charge < -0.3 is 39.6 Å². The van der Waals surface area contributed by atoms with E-state index in [-0.39, 0.29) is 6.42 Å². The Morgan fingerprint density at radius 2 is 1.39 bits per heavy atom. The second-order valence-corrected chi connectivity index (χ2v) is 12.9. The second-order valence-electron chi connectivity index (χ2n) is 10.9. The van der Waals surface area contributed by atoms with Crippen LogP contribution in [0.1, 0.15) is 61.3 Å².